The van der Waals surface area contributed by atoms with Crippen LogP contribution < -0.4 is 20.9 Å². The third-order valence-electron chi connectivity index (χ3n) is 2.59. The predicted octanol–water partition coefficient (Wildman–Crippen LogP) is -0.873. The van der Waals surface area contributed by atoms with Gasteiger partial charge >= 0.3 is 6.01 Å². The van der Waals surface area contributed by atoms with Crippen LogP contribution in [0.1, 0.15) is 12.8 Å². The highest BCUT2D eigenvalue weighted by atomic mass is 16.5. The fraction of sp³-hybridized carbons (Fsp3) is 0.667. The van der Waals surface area contributed by atoms with Crippen molar-refractivity contribution in [2.45, 2.75) is 18.9 Å². The number of aromatic nitrogens is 3. The summed E-state index contributed by atoms with van der Waals surface area (Å²) < 4.78 is 4.97. The number of nitrogens with two attached hydrogens (primary N) is 1. The molecule has 17 heavy (non-hydrogen) atoms. The van der Waals surface area contributed by atoms with E-state index >= 15 is 0 Å². The number of rotatable bonds is 3. The quantitative estimate of drug-likeness (QED) is 0.462. The van der Waals surface area contributed by atoms with E-state index in [0.29, 0.717) is 12.5 Å². The standard InChI is InChI=1S/C9H16N6O2/c1-17-9-12-7(14-10)11-8(13-9)15-4-2-3-6(16)5-15/h6,16H,2-5,10H2,1H3,(H,11,12,13,14). The summed E-state index contributed by atoms with van der Waals surface area (Å²) in [5, 5.41) is 9.61. The van der Waals surface area contributed by atoms with Gasteiger partial charge in [0.15, 0.2) is 0 Å². The Labute approximate surface area is 98.8 Å². The molecule has 1 aliphatic rings. The number of methoxy groups -OCH3 is 1. The molecule has 2 heterocycles. The number of hydrazine groups is 1. The number of aliphatic hydroxyl groups is 1. The Morgan fingerprint density at radius 1 is 1.47 bits per heavy atom. The second kappa shape index (κ2) is 5.11. The predicted molar refractivity (Wildman–Crippen MR) is 61.6 cm³/mol. The maximum atomic E-state index is 9.61. The molecular formula is C9H16N6O2. The number of anilines is 2. The van der Waals surface area contributed by atoms with Gasteiger partial charge in [-0.15, -0.1) is 0 Å². The van der Waals surface area contributed by atoms with Crippen molar-refractivity contribution in [2.24, 2.45) is 5.84 Å². The van der Waals surface area contributed by atoms with E-state index in [0.717, 1.165) is 19.4 Å². The van der Waals surface area contributed by atoms with Gasteiger partial charge in [0.05, 0.1) is 13.2 Å². The second-order valence-electron chi connectivity index (χ2n) is 3.83. The minimum Gasteiger partial charge on any atom is -0.467 e. The summed E-state index contributed by atoms with van der Waals surface area (Å²) in [4.78, 5) is 14.1. The van der Waals surface area contributed by atoms with Crippen molar-refractivity contribution >= 4 is 11.9 Å². The highest BCUT2D eigenvalue weighted by Crippen LogP contribution is 2.18. The zero-order chi connectivity index (χ0) is 12.3. The molecule has 0 amide bonds. The van der Waals surface area contributed by atoms with E-state index in [1.807, 2.05) is 4.90 Å². The Hall–Kier alpha value is -1.67. The Morgan fingerprint density at radius 2 is 2.29 bits per heavy atom. The van der Waals surface area contributed by atoms with Crippen molar-refractivity contribution in [1.29, 1.82) is 0 Å². The van der Waals surface area contributed by atoms with Crippen molar-refractivity contribution in [3.05, 3.63) is 0 Å². The fourth-order valence-corrected chi connectivity index (χ4v) is 1.78. The zero-order valence-corrected chi connectivity index (χ0v) is 9.63. The van der Waals surface area contributed by atoms with Gasteiger partial charge in [-0.1, -0.05) is 0 Å². The fourth-order valence-electron chi connectivity index (χ4n) is 1.78. The van der Waals surface area contributed by atoms with Gasteiger partial charge < -0.3 is 14.7 Å². The van der Waals surface area contributed by atoms with Crippen LogP contribution in [-0.2, 0) is 0 Å². The van der Waals surface area contributed by atoms with Crippen molar-refractivity contribution in [3.63, 3.8) is 0 Å². The van der Waals surface area contributed by atoms with Crippen LogP contribution in [0.2, 0.25) is 0 Å². The van der Waals surface area contributed by atoms with E-state index in [4.69, 9.17) is 10.6 Å². The number of nitrogens with zero attached hydrogens (tertiary/aromatic N) is 4. The molecule has 8 nitrogen and oxygen atoms in total. The molecule has 1 aromatic heterocycles. The van der Waals surface area contributed by atoms with E-state index < -0.39 is 0 Å². The largest absolute Gasteiger partial charge is 0.467 e. The number of aliphatic hydroxyl groups excluding tert-OH is 1. The van der Waals surface area contributed by atoms with Gasteiger partial charge in [-0.25, -0.2) is 5.84 Å². The monoisotopic (exact) mass is 240 g/mol. The van der Waals surface area contributed by atoms with E-state index in [1.165, 1.54) is 7.11 Å². The third kappa shape index (κ3) is 2.71. The smallest absolute Gasteiger partial charge is 0.322 e. The number of nitrogens with one attached hydrogen (secondary N) is 1. The highest BCUT2D eigenvalue weighted by molar-refractivity contribution is 5.38. The average molecular weight is 240 g/mol. The zero-order valence-electron chi connectivity index (χ0n) is 9.63. The van der Waals surface area contributed by atoms with Crippen LogP contribution in [0.4, 0.5) is 11.9 Å². The molecule has 1 aliphatic heterocycles. The molecule has 1 unspecified atom stereocenters. The summed E-state index contributed by atoms with van der Waals surface area (Å²) in [6.45, 7) is 1.31. The lowest BCUT2D eigenvalue weighted by Gasteiger charge is -2.30. The Bertz CT molecular complexity index is 365. The van der Waals surface area contributed by atoms with Gasteiger partial charge in [0.25, 0.3) is 0 Å². The molecule has 0 aromatic carbocycles. The Balaban J connectivity index is 2.23. The number of β-amino-alcohol motifs (C(OH)–C–C–N with tert-alkyl or cyclic N) is 1. The van der Waals surface area contributed by atoms with Crippen molar-refractivity contribution in [1.82, 2.24) is 15.0 Å². The van der Waals surface area contributed by atoms with Crippen molar-refractivity contribution in [2.75, 3.05) is 30.5 Å². The second-order valence-corrected chi connectivity index (χ2v) is 3.83. The lowest BCUT2D eigenvalue weighted by atomic mass is 10.1. The van der Waals surface area contributed by atoms with Crippen molar-refractivity contribution in [3.8, 4) is 6.01 Å². The number of hydrogen-bond donors (Lipinski definition) is 3. The van der Waals surface area contributed by atoms with Crippen LogP contribution in [0.25, 0.3) is 0 Å². The first-order valence-corrected chi connectivity index (χ1v) is 5.42. The van der Waals surface area contributed by atoms with Crippen molar-refractivity contribution < 1.29 is 9.84 Å². The summed E-state index contributed by atoms with van der Waals surface area (Å²) in [6.07, 6.45) is 1.36. The number of hydrogen-bond acceptors (Lipinski definition) is 8. The van der Waals surface area contributed by atoms with E-state index in [9.17, 15) is 5.11 Å². The minimum atomic E-state index is -0.346. The van der Waals surface area contributed by atoms with E-state index in [1.54, 1.807) is 0 Å². The molecule has 1 atom stereocenters. The Morgan fingerprint density at radius 3 is 2.94 bits per heavy atom. The summed E-state index contributed by atoms with van der Waals surface area (Å²) in [7, 11) is 1.48. The molecule has 4 N–H and O–H groups in total. The maximum absolute atomic E-state index is 9.61. The van der Waals surface area contributed by atoms with Crippen LogP contribution in [0.15, 0.2) is 0 Å². The molecule has 0 saturated carbocycles. The molecular weight excluding hydrogens is 224 g/mol. The molecule has 8 heteroatoms. The maximum Gasteiger partial charge on any atom is 0.322 e. The Kier molecular flexibility index (Phi) is 3.55. The normalized spacial score (nSPS) is 20.2. The van der Waals surface area contributed by atoms with Gasteiger partial charge in [-0.3, -0.25) is 5.43 Å². The first-order chi connectivity index (χ1) is 8.22. The average Bonchev–Trinajstić information content (AvgIpc) is 2.38. The first-order valence-electron chi connectivity index (χ1n) is 5.42. The van der Waals surface area contributed by atoms with Crippen LogP contribution in [0.5, 0.6) is 6.01 Å². The summed E-state index contributed by atoms with van der Waals surface area (Å²) in [6, 6.07) is 0.197. The molecule has 1 aromatic rings. The van der Waals surface area contributed by atoms with Gasteiger partial charge in [-0.05, 0) is 12.8 Å². The molecule has 0 bridgehead atoms. The highest BCUT2D eigenvalue weighted by Gasteiger charge is 2.21. The molecule has 2 rings (SSSR count). The number of ether oxygens (including phenoxy) is 1. The third-order valence-corrected chi connectivity index (χ3v) is 2.59. The molecule has 94 valence electrons. The lowest BCUT2D eigenvalue weighted by Crippen LogP contribution is -2.39. The van der Waals surface area contributed by atoms with Crippen LogP contribution in [0, 0.1) is 0 Å². The van der Waals surface area contributed by atoms with Gasteiger partial charge in [0.2, 0.25) is 11.9 Å². The van der Waals surface area contributed by atoms with Gasteiger partial charge in [0, 0.05) is 13.1 Å². The summed E-state index contributed by atoms with van der Waals surface area (Å²) in [5.74, 6) is 5.98. The van der Waals surface area contributed by atoms with Gasteiger partial charge in [-0.2, -0.15) is 15.0 Å². The SMILES string of the molecule is COc1nc(NN)nc(N2CCCC(O)C2)n1. The summed E-state index contributed by atoms with van der Waals surface area (Å²) in [5.41, 5.74) is 2.36. The van der Waals surface area contributed by atoms with E-state index in [2.05, 4.69) is 20.4 Å². The minimum absolute atomic E-state index is 0.197. The van der Waals surface area contributed by atoms with Crippen LogP contribution >= 0.6 is 0 Å². The van der Waals surface area contributed by atoms with Gasteiger partial charge in [0.1, 0.15) is 0 Å². The lowest BCUT2D eigenvalue weighted by molar-refractivity contribution is 0.153. The number of piperidine rings is 1. The topological polar surface area (TPSA) is 109 Å². The van der Waals surface area contributed by atoms with Crippen LogP contribution in [0.3, 0.4) is 0 Å². The summed E-state index contributed by atoms with van der Waals surface area (Å²) >= 11 is 0. The molecule has 0 spiro atoms. The van der Waals surface area contributed by atoms with Crippen LogP contribution in [-0.4, -0.2) is 46.4 Å². The molecule has 1 fully saturated rings. The molecule has 0 aliphatic carbocycles. The van der Waals surface area contributed by atoms with E-state index in [-0.39, 0.29) is 18.1 Å². The molecule has 0 radical (unpaired) electrons. The molecule has 1 saturated heterocycles. The number of nitrogen functional groups attached to an aromatic ring is 1. The first kappa shape index (κ1) is 11.8.